The summed E-state index contributed by atoms with van der Waals surface area (Å²) in [6.45, 7) is 0.421. The van der Waals surface area contributed by atoms with E-state index in [-0.39, 0.29) is 18.2 Å². The molecule has 5 nitrogen and oxygen atoms in total. The van der Waals surface area contributed by atoms with Crippen molar-refractivity contribution in [3.05, 3.63) is 52.9 Å². The number of imide groups is 1. The van der Waals surface area contributed by atoms with Crippen molar-refractivity contribution in [1.82, 2.24) is 5.32 Å². The lowest BCUT2D eigenvalue weighted by Gasteiger charge is -2.15. The highest BCUT2D eigenvalue weighted by Gasteiger charge is 2.39. The largest absolute Gasteiger partial charge is 0.468 e. The Morgan fingerprint density at radius 1 is 1.24 bits per heavy atom. The Bertz CT molecular complexity index is 652. The van der Waals surface area contributed by atoms with Gasteiger partial charge >= 0.3 is 0 Å². The minimum Gasteiger partial charge on any atom is -0.468 e. The standard InChI is InChI=1S/C15H13BrN2O3/c16-10-3-5-11(6-4-10)18-14(19)8-13(15(18)20)17-9-12-2-1-7-21-12/h1-7,13,17H,8-9H2/t13-/m1/s1. The van der Waals surface area contributed by atoms with Crippen LogP contribution in [0.2, 0.25) is 0 Å². The van der Waals surface area contributed by atoms with E-state index in [9.17, 15) is 9.59 Å². The quantitative estimate of drug-likeness (QED) is 0.862. The molecular weight excluding hydrogens is 336 g/mol. The number of nitrogens with one attached hydrogen (secondary N) is 1. The highest BCUT2D eigenvalue weighted by Crippen LogP contribution is 2.24. The number of halogens is 1. The number of rotatable bonds is 4. The Hall–Kier alpha value is -1.92. The first-order valence-corrected chi connectivity index (χ1v) is 7.32. The van der Waals surface area contributed by atoms with Crippen LogP contribution in [0.1, 0.15) is 12.2 Å². The minimum absolute atomic E-state index is 0.162. The number of nitrogens with zero attached hydrogens (tertiary/aromatic N) is 1. The Balaban J connectivity index is 1.71. The Morgan fingerprint density at radius 2 is 2.00 bits per heavy atom. The van der Waals surface area contributed by atoms with Gasteiger partial charge in [-0.1, -0.05) is 15.9 Å². The fraction of sp³-hybridized carbons (Fsp3) is 0.200. The molecule has 0 bridgehead atoms. The van der Waals surface area contributed by atoms with Gasteiger partial charge in [-0.15, -0.1) is 0 Å². The van der Waals surface area contributed by atoms with Crippen LogP contribution in [0, 0.1) is 0 Å². The number of furan rings is 1. The summed E-state index contributed by atoms with van der Waals surface area (Å²) < 4.78 is 6.10. The molecule has 1 atom stereocenters. The molecule has 1 fully saturated rings. The van der Waals surface area contributed by atoms with Crippen molar-refractivity contribution in [2.24, 2.45) is 0 Å². The molecule has 3 rings (SSSR count). The van der Waals surface area contributed by atoms with Crippen molar-refractivity contribution in [3.8, 4) is 0 Å². The van der Waals surface area contributed by atoms with Gasteiger partial charge in [-0.05, 0) is 36.4 Å². The zero-order valence-electron chi connectivity index (χ0n) is 11.1. The van der Waals surface area contributed by atoms with Gasteiger partial charge in [-0.2, -0.15) is 0 Å². The summed E-state index contributed by atoms with van der Waals surface area (Å²) in [5.74, 6) is 0.311. The van der Waals surface area contributed by atoms with Crippen LogP contribution in [0.5, 0.6) is 0 Å². The van der Waals surface area contributed by atoms with Crippen LogP contribution >= 0.6 is 15.9 Å². The van der Waals surface area contributed by atoms with Gasteiger partial charge in [0, 0.05) is 4.47 Å². The first-order chi connectivity index (χ1) is 10.1. The molecule has 0 unspecified atom stereocenters. The molecule has 108 valence electrons. The molecular formula is C15H13BrN2O3. The molecule has 2 heterocycles. The summed E-state index contributed by atoms with van der Waals surface area (Å²) in [5.41, 5.74) is 0.593. The molecule has 0 radical (unpaired) electrons. The summed E-state index contributed by atoms with van der Waals surface area (Å²) in [6, 6.07) is 10.2. The van der Waals surface area contributed by atoms with E-state index >= 15 is 0 Å². The van der Waals surface area contributed by atoms with Gasteiger partial charge < -0.3 is 4.42 Å². The maximum atomic E-state index is 12.4. The van der Waals surface area contributed by atoms with Crippen molar-refractivity contribution in [3.63, 3.8) is 0 Å². The third-order valence-corrected chi connectivity index (χ3v) is 3.86. The van der Waals surface area contributed by atoms with E-state index in [2.05, 4.69) is 21.2 Å². The lowest BCUT2D eigenvalue weighted by atomic mass is 10.2. The number of carbonyl (C=O) groups excluding carboxylic acids is 2. The van der Waals surface area contributed by atoms with Gasteiger partial charge in [0.05, 0.1) is 31.0 Å². The number of hydrogen-bond acceptors (Lipinski definition) is 4. The molecule has 1 saturated heterocycles. The molecule has 1 aliphatic heterocycles. The van der Waals surface area contributed by atoms with Crippen LogP contribution in [-0.2, 0) is 16.1 Å². The molecule has 1 aromatic carbocycles. The number of hydrogen-bond donors (Lipinski definition) is 1. The molecule has 0 aliphatic carbocycles. The van der Waals surface area contributed by atoms with E-state index in [1.807, 2.05) is 6.07 Å². The molecule has 1 aliphatic rings. The number of anilines is 1. The first kappa shape index (κ1) is 14.0. The lowest BCUT2D eigenvalue weighted by Crippen LogP contribution is -2.38. The molecule has 1 N–H and O–H groups in total. The smallest absolute Gasteiger partial charge is 0.251 e. The molecule has 1 aromatic heterocycles. The fourth-order valence-corrected chi connectivity index (χ4v) is 2.55. The third-order valence-electron chi connectivity index (χ3n) is 3.33. The van der Waals surface area contributed by atoms with Gasteiger partial charge in [-0.3, -0.25) is 14.9 Å². The average Bonchev–Trinajstić information content (AvgIpc) is 3.07. The van der Waals surface area contributed by atoms with E-state index in [4.69, 9.17) is 4.42 Å². The predicted octanol–water partition coefficient (Wildman–Crippen LogP) is 2.46. The van der Waals surface area contributed by atoms with E-state index < -0.39 is 6.04 Å². The van der Waals surface area contributed by atoms with Gasteiger partial charge in [-0.25, -0.2) is 4.90 Å². The number of benzene rings is 1. The van der Waals surface area contributed by atoms with Gasteiger partial charge in [0.1, 0.15) is 5.76 Å². The fourth-order valence-electron chi connectivity index (χ4n) is 2.29. The SMILES string of the molecule is O=C1C[C@@H](NCc2ccco2)C(=O)N1c1ccc(Br)cc1. The van der Waals surface area contributed by atoms with Gasteiger partial charge in [0.2, 0.25) is 5.91 Å². The van der Waals surface area contributed by atoms with Crippen LogP contribution in [0.15, 0.2) is 51.6 Å². The van der Waals surface area contributed by atoms with Crippen LogP contribution in [0.4, 0.5) is 5.69 Å². The molecule has 6 heteroatoms. The molecule has 2 amide bonds. The third kappa shape index (κ3) is 2.91. The van der Waals surface area contributed by atoms with Crippen molar-refractivity contribution >= 4 is 33.4 Å². The average molecular weight is 349 g/mol. The van der Waals surface area contributed by atoms with Crippen LogP contribution in [0.3, 0.4) is 0 Å². The van der Waals surface area contributed by atoms with Crippen molar-refractivity contribution < 1.29 is 14.0 Å². The molecule has 0 spiro atoms. The topological polar surface area (TPSA) is 62.6 Å². The van der Waals surface area contributed by atoms with E-state index in [0.717, 1.165) is 10.2 Å². The normalized spacial score (nSPS) is 18.5. The molecule has 2 aromatic rings. The summed E-state index contributed by atoms with van der Waals surface area (Å²) in [7, 11) is 0. The predicted molar refractivity (Wildman–Crippen MR) is 80.6 cm³/mol. The number of carbonyl (C=O) groups is 2. The van der Waals surface area contributed by atoms with E-state index in [1.165, 1.54) is 4.90 Å². The Kier molecular flexibility index (Phi) is 3.90. The Morgan fingerprint density at radius 3 is 2.67 bits per heavy atom. The van der Waals surface area contributed by atoms with Gasteiger partial charge in [0.15, 0.2) is 0 Å². The minimum atomic E-state index is -0.508. The van der Waals surface area contributed by atoms with Crippen LogP contribution < -0.4 is 10.2 Å². The van der Waals surface area contributed by atoms with Crippen LogP contribution in [-0.4, -0.2) is 17.9 Å². The molecule has 21 heavy (non-hydrogen) atoms. The Labute approximate surface area is 130 Å². The second-order valence-corrected chi connectivity index (χ2v) is 5.68. The maximum absolute atomic E-state index is 12.4. The summed E-state index contributed by atoms with van der Waals surface area (Å²) >= 11 is 3.33. The second-order valence-electron chi connectivity index (χ2n) is 4.76. The summed E-state index contributed by atoms with van der Waals surface area (Å²) in [5, 5.41) is 3.06. The zero-order valence-corrected chi connectivity index (χ0v) is 12.7. The highest BCUT2D eigenvalue weighted by atomic mass is 79.9. The summed E-state index contributed by atoms with van der Waals surface area (Å²) in [6.07, 6.45) is 1.74. The highest BCUT2D eigenvalue weighted by molar-refractivity contribution is 9.10. The summed E-state index contributed by atoms with van der Waals surface area (Å²) in [4.78, 5) is 25.7. The van der Waals surface area contributed by atoms with E-state index in [1.54, 1.807) is 36.6 Å². The van der Waals surface area contributed by atoms with Crippen molar-refractivity contribution in [2.45, 2.75) is 19.0 Å². The van der Waals surface area contributed by atoms with Crippen molar-refractivity contribution in [1.29, 1.82) is 0 Å². The van der Waals surface area contributed by atoms with Gasteiger partial charge in [0.25, 0.3) is 5.91 Å². The monoisotopic (exact) mass is 348 g/mol. The zero-order chi connectivity index (χ0) is 14.8. The maximum Gasteiger partial charge on any atom is 0.251 e. The lowest BCUT2D eigenvalue weighted by molar-refractivity contribution is -0.121. The second kappa shape index (κ2) is 5.83. The van der Waals surface area contributed by atoms with Crippen molar-refractivity contribution in [2.75, 3.05) is 4.90 Å². The molecule has 0 saturated carbocycles. The van der Waals surface area contributed by atoms with Crippen LogP contribution in [0.25, 0.3) is 0 Å². The number of amides is 2. The first-order valence-electron chi connectivity index (χ1n) is 6.53. The van der Waals surface area contributed by atoms with E-state index in [0.29, 0.717) is 12.2 Å².